The molecule has 0 saturated heterocycles. The minimum absolute atomic E-state index is 0.117. The van der Waals surface area contributed by atoms with Crippen LogP contribution in [0.3, 0.4) is 0 Å². The molecule has 1 aliphatic rings. The zero-order chi connectivity index (χ0) is 21.3. The van der Waals surface area contributed by atoms with Gasteiger partial charge < -0.3 is 19.6 Å². The smallest absolute Gasteiger partial charge is 0.394 e. The van der Waals surface area contributed by atoms with Crippen LogP contribution in [-0.2, 0) is 16.0 Å². The summed E-state index contributed by atoms with van der Waals surface area (Å²) in [6.45, 7) is 2.50. The lowest BCUT2D eigenvalue weighted by molar-refractivity contribution is -0.147. The number of hydrogen-bond donors (Lipinski definition) is 2. The summed E-state index contributed by atoms with van der Waals surface area (Å²) in [6, 6.07) is 12.1. The van der Waals surface area contributed by atoms with Crippen molar-refractivity contribution in [2.24, 2.45) is 0 Å². The molecule has 2 N–H and O–H groups in total. The molecule has 1 amide bonds. The molecule has 152 valence electrons. The maximum atomic E-state index is 12.9. The standard InChI is InChI=1S/C23H19NO6/c1-2-29-16-5-3-4-13(11-16)10-14-6-8-18-20(25)17-9-7-15(24-22(26)23(27)28)12-19(17)30-21(14)18/h3-5,7,9-12H,2,6,8H2,1H3,(H,24,26)(H,27,28). The summed E-state index contributed by atoms with van der Waals surface area (Å²) in [4.78, 5) is 35.1. The third kappa shape index (κ3) is 3.69. The Kier molecular flexibility index (Phi) is 5.10. The van der Waals surface area contributed by atoms with Crippen molar-refractivity contribution in [3.8, 4) is 5.75 Å². The summed E-state index contributed by atoms with van der Waals surface area (Å²) in [5, 5.41) is 11.4. The number of nitrogens with one attached hydrogen (secondary N) is 1. The fraction of sp³-hybridized carbons (Fsp3) is 0.174. The minimum atomic E-state index is -1.59. The normalized spacial score (nSPS) is 14.0. The molecule has 3 aromatic rings. The first-order valence-electron chi connectivity index (χ1n) is 9.54. The molecule has 4 rings (SSSR count). The predicted octanol–water partition coefficient (Wildman–Crippen LogP) is 3.70. The van der Waals surface area contributed by atoms with Gasteiger partial charge in [0.15, 0.2) is 5.43 Å². The second-order valence-electron chi connectivity index (χ2n) is 6.88. The molecule has 0 radical (unpaired) electrons. The summed E-state index contributed by atoms with van der Waals surface area (Å²) >= 11 is 0. The Morgan fingerprint density at radius 1 is 1.20 bits per heavy atom. The van der Waals surface area contributed by atoms with Crippen LogP contribution in [0.2, 0.25) is 0 Å². The number of anilines is 1. The number of allylic oxidation sites excluding steroid dienone is 1. The summed E-state index contributed by atoms with van der Waals surface area (Å²) in [5.74, 6) is -1.46. The van der Waals surface area contributed by atoms with Crippen molar-refractivity contribution in [3.63, 3.8) is 0 Å². The van der Waals surface area contributed by atoms with E-state index in [1.54, 1.807) is 0 Å². The van der Waals surface area contributed by atoms with Crippen molar-refractivity contribution in [3.05, 3.63) is 69.6 Å². The van der Waals surface area contributed by atoms with Crippen molar-refractivity contribution < 1.29 is 23.8 Å². The molecular weight excluding hydrogens is 386 g/mol. The maximum Gasteiger partial charge on any atom is 0.394 e. The molecular formula is C23H19NO6. The quantitative estimate of drug-likeness (QED) is 0.641. The van der Waals surface area contributed by atoms with E-state index in [9.17, 15) is 14.4 Å². The molecule has 30 heavy (non-hydrogen) atoms. The van der Waals surface area contributed by atoms with E-state index >= 15 is 0 Å². The van der Waals surface area contributed by atoms with Gasteiger partial charge in [-0.3, -0.25) is 9.59 Å². The molecule has 0 aliphatic heterocycles. The third-order valence-electron chi connectivity index (χ3n) is 4.88. The highest BCUT2D eigenvalue weighted by atomic mass is 16.5. The Balaban J connectivity index is 1.75. The number of hydrogen-bond acceptors (Lipinski definition) is 5. The van der Waals surface area contributed by atoms with Crippen LogP contribution in [0, 0.1) is 0 Å². The maximum absolute atomic E-state index is 12.9. The molecule has 1 heterocycles. The summed E-state index contributed by atoms with van der Waals surface area (Å²) in [5.41, 5.74) is 2.88. The van der Waals surface area contributed by atoms with Crippen molar-refractivity contribution in [2.75, 3.05) is 11.9 Å². The van der Waals surface area contributed by atoms with E-state index in [0.717, 1.165) is 16.9 Å². The average molecular weight is 405 g/mol. The van der Waals surface area contributed by atoms with Crippen molar-refractivity contribution in [1.82, 2.24) is 0 Å². The molecule has 0 unspecified atom stereocenters. The van der Waals surface area contributed by atoms with Gasteiger partial charge in [-0.1, -0.05) is 12.1 Å². The highest BCUT2D eigenvalue weighted by Crippen LogP contribution is 2.35. The van der Waals surface area contributed by atoms with E-state index in [2.05, 4.69) is 5.32 Å². The van der Waals surface area contributed by atoms with Crippen molar-refractivity contribution >= 4 is 40.2 Å². The van der Waals surface area contributed by atoms with Gasteiger partial charge in [0.1, 0.15) is 17.1 Å². The van der Waals surface area contributed by atoms with Crippen LogP contribution in [0.1, 0.15) is 30.2 Å². The number of amides is 1. The van der Waals surface area contributed by atoms with Gasteiger partial charge in [0.05, 0.1) is 12.0 Å². The fourth-order valence-corrected chi connectivity index (χ4v) is 3.55. The van der Waals surface area contributed by atoms with Crippen LogP contribution in [0.15, 0.2) is 51.7 Å². The molecule has 7 nitrogen and oxygen atoms in total. The van der Waals surface area contributed by atoms with Gasteiger partial charge in [-0.25, -0.2) is 4.79 Å². The number of rotatable bonds is 4. The SMILES string of the molecule is CCOc1cccc(C=C2CCc3c2oc2cc(NC(=O)C(=O)O)ccc2c3=O)c1. The van der Waals surface area contributed by atoms with Crippen molar-refractivity contribution in [2.45, 2.75) is 19.8 Å². The number of carboxylic acid groups (broad SMARTS) is 1. The van der Waals surface area contributed by atoms with E-state index in [1.165, 1.54) is 18.2 Å². The van der Waals surface area contributed by atoms with Crippen LogP contribution in [0.5, 0.6) is 5.75 Å². The monoisotopic (exact) mass is 405 g/mol. The average Bonchev–Trinajstić information content (AvgIpc) is 3.11. The Morgan fingerprint density at radius 2 is 2.03 bits per heavy atom. The van der Waals surface area contributed by atoms with Crippen LogP contribution < -0.4 is 15.5 Å². The number of fused-ring (bicyclic) bond motifs is 2. The van der Waals surface area contributed by atoms with Crippen LogP contribution >= 0.6 is 0 Å². The van der Waals surface area contributed by atoms with E-state index < -0.39 is 11.9 Å². The molecule has 0 fully saturated rings. The molecule has 0 saturated carbocycles. The number of benzene rings is 2. The molecule has 7 heteroatoms. The van der Waals surface area contributed by atoms with Gasteiger partial charge in [-0.2, -0.15) is 0 Å². The molecule has 0 atom stereocenters. The van der Waals surface area contributed by atoms with Gasteiger partial charge >= 0.3 is 11.9 Å². The first-order valence-corrected chi connectivity index (χ1v) is 9.54. The summed E-state index contributed by atoms with van der Waals surface area (Å²) in [6.07, 6.45) is 3.23. The van der Waals surface area contributed by atoms with Gasteiger partial charge in [0, 0.05) is 17.3 Å². The van der Waals surface area contributed by atoms with Gasteiger partial charge in [-0.15, -0.1) is 0 Å². The van der Waals surface area contributed by atoms with E-state index in [1.807, 2.05) is 37.3 Å². The Morgan fingerprint density at radius 3 is 2.80 bits per heavy atom. The van der Waals surface area contributed by atoms with Crippen LogP contribution in [-0.4, -0.2) is 23.6 Å². The first-order chi connectivity index (χ1) is 14.5. The highest BCUT2D eigenvalue weighted by molar-refractivity contribution is 6.36. The fourth-order valence-electron chi connectivity index (χ4n) is 3.55. The lowest BCUT2D eigenvalue weighted by Gasteiger charge is -2.07. The van der Waals surface area contributed by atoms with Gasteiger partial charge in [0.25, 0.3) is 0 Å². The number of aliphatic carboxylic acids is 1. The van der Waals surface area contributed by atoms with Crippen LogP contribution in [0.25, 0.3) is 22.6 Å². The molecule has 2 aromatic carbocycles. The number of carbonyl (C=O) groups excluding carboxylic acids is 1. The molecule has 0 bridgehead atoms. The Labute approximate surface area is 171 Å². The molecule has 0 spiro atoms. The number of ether oxygens (including phenoxy) is 1. The van der Waals surface area contributed by atoms with Crippen molar-refractivity contribution in [1.29, 1.82) is 0 Å². The third-order valence-corrected chi connectivity index (χ3v) is 4.88. The molecule has 1 aromatic heterocycles. The van der Waals surface area contributed by atoms with Crippen LogP contribution in [0.4, 0.5) is 5.69 Å². The number of carboxylic acids is 1. The highest BCUT2D eigenvalue weighted by Gasteiger charge is 2.24. The second-order valence-corrected chi connectivity index (χ2v) is 6.88. The van der Waals surface area contributed by atoms with Gasteiger partial charge in [-0.05, 0) is 61.2 Å². The Bertz CT molecular complexity index is 1250. The second kappa shape index (κ2) is 7.87. The predicted molar refractivity (Wildman–Crippen MR) is 113 cm³/mol. The topological polar surface area (TPSA) is 106 Å². The van der Waals surface area contributed by atoms with E-state index in [4.69, 9.17) is 14.3 Å². The minimum Gasteiger partial charge on any atom is -0.494 e. The molecule has 1 aliphatic carbocycles. The Hall–Kier alpha value is -3.87. The summed E-state index contributed by atoms with van der Waals surface area (Å²) in [7, 11) is 0. The lowest BCUT2D eigenvalue weighted by Crippen LogP contribution is -2.21. The van der Waals surface area contributed by atoms with E-state index in [-0.39, 0.29) is 16.7 Å². The number of carbonyl (C=O) groups is 2. The zero-order valence-corrected chi connectivity index (χ0v) is 16.2. The van der Waals surface area contributed by atoms with Gasteiger partial charge in [0.2, 0.25) is 0 Å². The zero-order valence-electron chi connectivity index (χ0n) is 16.2. The first kappa shape index (κ1) is 19.4. The summed E-state index contributed by atoms with van der Waals surface area (Å²) < 4.78 is 11.6. The largest absolute Gasteiger partial charge is 0.494 e. The lowest BCUT2D eigenvalue weighted by atomic mass is 10.1. The van der Waals surface area contributed by atoms with E-state index in [0.29, 0.717) is 36.2 Å².